The monoisotopic (exact) mass is 197 g/mol. The molecule has 0 spiro atoms. The molecule has 0 rings (SSSR count). The van der Waals surface area contributed by atoms with Gasteiger partial charge in [0.25, 0.3) is 0 Å². The Kier molecular flexibility index (Phi) is 9.55. The minimum absolute atomic E-state index is 0.965. The van der Waals surface area contributed by atoms with Crippen LogP contribution in [-0.2, 0) is 0 Å². The quantitative estimate of drug-likeness (QED) is 0.465. The van der Waals surface area contributed by atoms with Crippen LogP contribution in [0.1, 0.15) is 79.1 Å². The Bertz CT molecular complexity index is 107. The van der Waals surface area contributed by atoms with Crippen LogP contribution in [0.5, 0.6) is 0 Å². The molecule has 14 heavy (non-hydrogen) atoms. The molecule has 0 aliphatic carbocycles. The van der Waals surface area contributed by atoms with Crippen molar-refractivity contribution in [2.24, 2.45) is 5.92 Å². The maximum atomic E-state index is 2.34. The van der Waals surface area contributed by atoms with Gasteiger partial charge in [0, 0.05) is 0 Å². The summed E-state index contributed by atoms with van der Waals surface area (Å²) in [4.78, 5) is 0. The van der Waals surface area contributed by atoms with Gasteiger partial charge in [-0.1, -0.05) is 59.8 Å². The lowest BCUT2D eigenvalue weighted by molar-refractivity contribution is 0.419. The summed E-state index contributed by atoms with van der Waals surface area (Å²) >= 11 is 0. The Morgan fingerprint density at radius 3 is 2.14 bits per heavy atom. The van der Waals surface area contributed by atoms with E-state index in [0.717, 1.165) is 5.92 Å². The molecular weight excluding hydrogens is 168 g/mol. The molecule has 0 heteroatoms. The van der Waals surface area contributed by atoms with Gasteiger partial charge in [0.2, 0.25) is 0 Å². The summed E-state index contributed by atoms with van der Waals surface area (Å²) in [7, 11) is 0. The van der Waals surface area contributed by atoms with Gasteiger partial charge >= 0.3 is 0 Å². The molecule has 0 saturated heterocycles. The molecule has 0 saturated carbocycles. The summed E-state index contributed by atoms with van der Waals surface area (Å²) in [6.45, 7) is 9.26. The molecule has 0 fully saturated rings. The highest BCUT2D eigenvalue weighted by Gasteiger charge is 2.13. The highest BCUT2D eigenvalue weighted by molar-refractivity contribution is 4.89. The molecule has 0 nitrogen and oxygen atoms in total. The summed E-state index contributed by atoms with van der Waals surface area (Å²) < 4.78 is 0. The van der Waals surface area contributed by atoms with Crippen LogP contribution in [0.3, 0.4) is 0 Å². The molecule has 1 radical (unpaired) electrons. The fourth-order valence-electron chi connectivity index (χ4n) is 2.12. The van der Waals surface area contributed by atoms with Crippen molar-refractivity contribution >= 4 is 0 Å². The van der Waals surface area contributed by atoms with Gasteiger partial charge in [-0.25, -0.2) is 0 Å². The van der Waals surface area contributed by atoms with Crippen molar-refractivity contribution in [2.75, 3.05) is 0 Å². The molecule has 0 aliphatic heterocycles. The lowest BCUT2D eigenvalue weighted by Gasteiger charge is -2.20. The largest absolute Gasteiger partial charge is 0.0654 e. The van der Waals surface area contributed by atoms with Crippen molar-refractivity contribution in [2.45, 2.75) is 79.1 Å². The van der Waals surface area contributed by atoms with Crippen LogP contribution < -0.4 is 0 Å². The molecule has 1 unspecified atom stereocenters. The van der Waals surface area contributed by atoms with Gasteiger partial charge in [0.15, 0.2) is 0 Å². The summed E-state index contributed by atoms with van der Waals surface area (Å²) in [6.07, 6.45) is 11.0. The van der Waals surface area contributed by atoms with E-state index in [1.807, 2.05) is 5.92 Å². The fraction of sp³-hybridized carbons (Fsp3) is 0.929. The molecule has 0 aromatic heterocycles. The second-order valence-corrected chi connectivity index (χ2v) is 4.47. The van der Waals surface area contributed by atoms with Gasteiger partial charge < -0.3 is 0 Å². The SMILES string of the molecule is CCCC[C](CC)CC(CC)CCC. The third kappa shape index (κ3) is 6.45. The molecule has 85 valence electrons. The smallest absolute Gasteiger partial charge is 0.0241 e. The van der Waals surface area contributed by atoms with E-state index in [9.17, 15) is 0 Å². The van der Waals surface area contributed by atoms with Crippen LogP contribution in [0.15, 0.2) is 0 Å². The Morgan fingerprint density at radius 1 is 1.00 bits per heavy atom. The predicted molar refractivity (Wildman–Crippen MR) is 66.4 cm³/mol. The summed E-state index contributed by atoms with van der Waals surface area (Å²) in [6, 6.07) is 0. The van der Waals surface area contributed by atoms with Crippen molar-refractivity contribution in [3.63, 3.8) is 0 Å². The Hall–Kier alpha value is 0. The lowest BCUT2D eigenvalue weighted by Crippen LogP contribution is -2.06. The van der Waals surface area contributed by atoms with Crippen molar-refractivity contribution in [1.29, 1.82) is 0 Å². The second-order valence-electron chi connectivity index (χ2n) is 4.47. The van der Waals surface area contributed by atoms with Crippen LogP contribution >= 0.6 is 0 Å². The molecule has 0 heterocycles. The minimum atomic E-state index is 0.965. The number of hydrogen-bond acceptors (Lipinski definition) is 0. The Morgan fingerprint density at radius 2 is 1.71 bits per heavy atom. The van der Waals surface area contributed by atoms with Gasteiger partial charge in [0.1, 0.15) is 0 Å². The normalized spacial score (nSPS) is 13.5. The average molecular weight is 197 g/mol. The van der Waals surface area contributed by atoms with Crippen LogP contribution in [0.25, 0.3) is 0 Å². The predicted octanol–water partition coefficient (Wildman–Crippen LogP) is 5.38. The maximum absolute atomic E-state index is 2.34. The second kappa shape index (κ2) is 9.55. The highest BCUT2D eigenvalue weighted by atomic mass is 14.2. The van der Waals surface area contributed by atoms with E-state index in [2.05, 4.69) is 27.7 Å². The summed E-state index contributed by atoms with van der Waals surface area (Å²) in [5, 5.41) is 0. The first-order chi connectivity index (χ1) is 6.78. The van der Waals surface area contributed by atoms with Crippen LogP contribution in [0.4, 0.5) is 0 Å². The van der Waals surface area contributed by atoms with E-state index < -0.39 is 0 Å². The molecule has 1 atom stereocenters. The number of unbranched alkanes of at least 4 members (excludes halogenated alkanes) is 1. The van der Waals surface area contributed by atoms with Crippen molar-refractivity contribution < 1.29 is 0 Å². The summed E-state index contributed by atoms with van der Waals surface area (Å²) in [5.41, 5.74) is 0. The van der Waals surface area contributed by atoms with E-state index in [0.29, 0.717) is 0 Å². The highest BCUT2D eigenvalue weighted by Crippen LogP contribution is 2.27. The zero-order valence-electron chi connectivity index (χ0n) is 10.7. The molecule has 0 aliphatic rings. The zero-order chi connectivity index (χ0) is 10.8. The molecule has 0 aromatic rings. The van der Waals surface area contributed by atoms with E-state index in [4.69, 9.17) is 0 Å². The first kappa shape index (κ1) is 14.0. The topological polar surface area (TPSA) is 0 Å². The molecule has 0 N–H and O–H groups in total. The first-order valence-electron chi connectivity index (χ1n) is 6.61. The van der Waals surface area contributed by atoms with Crippen molar-refractivity contribution in [1.82, 2.24) is 0 Å². The van der Waals surface area contributed by atoms with Gasteiger partial charge in [-0.2, -0.15) is 0 Å². The van der Waals surface area contributed by atoms with E-state index in [-0.39, 0.29) is 0 Å². The molecule has 0 bridgehead atoms. The number of hydrogen-bond donors (Lipinski definition) is 0. The third-order valence-corrected chi connectivity index (χ3v) is 3.24. The van der Waals surface area contributed by atoms with E-state index >= 15 is 0 Å². The van der Waals surface area contributed by atoms with Gasteiger partial charge in [-0.15, -0.1) is 0 Å². The van der Waals surface area contributed by atoms with E-state index in [1.165, 1.54) is 51.4 Å². The summed E-state index contributed by atoms with van der Waals surface area (Å²) in [5.74, 6) is 2.78. The molecule has 0 amide bonds. The molecule has 0 aromatic carbocycles. The number of rotatable bonds is 9. The standard InChI is InChI=1S/C14H29/c1-5-9-11-14(8-4)12-13(7-3)10-6-2/h13H,5-12H2,1-4H3. The average Bonchev–Trinajstić information content (AvgIpc) is 2.22. The third-order valence-electron chi connectivity index (χ3n) is 3.24. The van der Waals surface area contributed by atoms with Gasteiger partial charge in [0.05, 0.1) is 0 Å². The Balaban J connectivity index is 3.75. The first-order valence-corrected chi connectivity index (χ1v) is 6.61. The van der Waals surface area contributed by atoms with Crippen LogP contribution in [-0.4, -0.2) is 0 Å². The van der Waals surface area contributed by atoms with E-state index in [1.54, 1.807) is 0 Å². The Labute approximate surface area is 91.5 Å². The molecular formula is C14H29. The zero-order valence-corrected chi connectivity index (χ0v) is 10.7. The van der Waals surface area contributed by atoms with Gasteiger partial charge in [-0.3, -0.25) is 0 Å². The van der Waals surface area contributed by atoms with Crippen molar-refractivity contribution in [3.8, 4) is 0 Å². The van der Waals surface area contributed by atoms with Crippen molar-refractivity contribution in [3.05, 3.63) is 5.92 Å². The van der Waals surface area contributed by atoms with Crippen LogP contribution in [0, 0.1) is 11.8 Å². The lowest BCUT2D eigenvalue weighted by atomic mass is 9.85. The maximum Gasteiger partial charge on any atom is -0.0241 e. The van der Waals surface area contributed by atoms with Gasteiger partial charge in [-0.05, 0) is 31.1 Å². The van der Waals surface area contributed by atoms with Crippen LogP contribution in [0.2, 0.25) is 0 Å². The fourth-order valence-corrected chi connectivity index (χ4v) is 2.12. The minimum Gasteiger partial charge on any atom is -0.0654 e.